The van der Waals surface area contributed by atoms with Gasteiger partial charge in [0.05, 0.1) is 18.4 Å². The molecular formula is C22H22F2N6O2. The molecule has 0 saturated carbocycles. The number of anilines is 1. The fourth-order valence-corrected chi connectivity index (χ4v) is 4.21. The summed E-state index contributed by atoms with van der Waals surface area (Å²) in [5.41, 5.74) is 1.75. The normalized spacial score (nSPS) is 17.5. The van der Waals surface area contributed by atoms with Crippen molar-refractivity contribution in [3.05, 3.63) is 66.0 Å². The standard InChI is InChI=1S/C22H22F2N6O2/c23-18-14-16(21(30-10-7-26-27-30)29-11-12-32-22(29)31)1-3-17(18)15-2-4-20(19(24)13-15)28-8-5-25-6-9-28/h1-4,7,10,13-14,21,25H,5-6,8-9,11-12H2/t21-/m1/s1. The number of aromatic nitrogens is 3. The number of amides is 1. The third-order valence-corrected chi connectivity index (χ3v) is 5.79. The zero-order chi connectivity index (χ0) is 22.1. The van der Waals surface area contributed by atoms with Crippen LogP contribution in [0.25, 0.3) is 11.1 Å². The van der Waals surface area contributed by atoms with E-state index in [1.54, 1.807) is 30.5 Å². The second-order valence-corrected chi connectivity index (χ2v) is 7.71. The van der Waals surface area contributed by atoms with Crippen LogP contribution in [0, 0.1) is 11.6 Å². The van der Waals surface area contributed by atoms with Crippen LogP contribution in [0.5, 0.6) is 0 Å². The van der Waals surface area contributed by atoms with E-state index in [2.05, 4.69) is 15.6 Å². The van der Waals surface area contributed by atoms with Gasteiger partial charge in [0.2, 0.25) is 0 Å². The number of nitrogens with zero attached hydrogens (tertiary/aromatic N) is 5. The van der Waals surface area contributed by atoms with Crippen molar-refractivity contribution in [2.45, 2.75) is 6.17 Å². The number of ether oxygens (including phenoxy) is 1. The Labute approximate surface area is 183 Å². The fraction of sp³-hybridized carbons (Fsp3) is 0.318. The van der Waals surface area contributed by atoms with Gasteiger partial charge in [-0.3, -0.25) is 4.90 Å². The molecule has 1 atom stereocenters. The van der Waals surface area contributed by atoms with Crippen LogP contribution in [-0.2, 0) is 4.74 Å². The lowest BCUT2D eigenvalue weighted by atomic mass is 10.0. The highest BCUT2D eigenvalue weighted by molar-refractivity contribution is 5.71. The smallest absolute Gasteiger partial charge is 0.411 e. The van der Waals surface area contributed by atoms with Gasteiger partial charge < -0.3 is 15.0 Å². The minimum Gasteiger partial charge on any atom is -0.447 e. The Balaban J connectivity index is 1.46. The van der Waals surface area contributed by atoms with E-state index in [9.17, 15) is 9.18 Å². The Morgan fingerprint density at radius 1 is 1.03 bits per heavy atom. The molecule has 0 unspecified atom stereocenters. The van der Waals surface area contributed by atoms with Crippen LogP contribution in [0.2, 0.25) is 0 Å². The molecule has 1 aromatic heterocycles. The summed E-state index contributed by atoms with van der Waals surface area (Å²) in [6.45, 7) is 3.65. The number of hydrogen-bond acceptors (Lipinski definition) is 6. The first-order valence-corrected chi connectivity index (χ1v) is 10.5. The summed E-state index contributed by atoms with van der Waals surface area (Å²) in [7, 11) is 0. The topological polar surface area (TPSA) is 75.5 Å². The van der Waals surface area contributed by atoms with E-state index in [1.807, 2.05) is 4.90 Å². The molecule has 2 aliphatic rings. The Hall–Kier alpha value is -3.53. The minimum absolute atomic E-state index is 0.253. The van der Waals surface area contributed by atoms with Gasteiger partial charge in [-0.15, -0.1) is 5.10 Å². The minimum atomic E-state index is -0.692. The van der Waals surface area contributed by atoms with Crippen molar-refractivity contribution in [3.63, 3.8) is 0 Å². The van der Waals surface area contributed by atoms with E-state index in [-0.39, 0.29) is 18.0 Å². The first-order chi connectivity index (χ1) is 15.6. The quantitative estimate of drug-likeness (QED) is 0.658. The maximum Gasteiger partial charge on any atom is 0.411 e. The molecule has 0 spiro atoms. The van der Waals surface area contributed by atoms with Gasteiger partial charge in [-0.25, -0.2) is 18.3 Å². The van der Waals surface area contributed by atoms with Gasteiger partial charge in [0.1, 0.15) is 18.2 Å². The molecule has 5 rings (SSSR count). The summed E-state index contributed by atoms with van der Waals surface area (Å²) in [6.07, 6.45) is 1.90. The van der Waals surface area contributed by atoms with Crippen molar-refractivity contribution in [1.29, 1.82) is 0 Å². The molecule has 166 valence electrons. The monoisotopic (exact) mass is 440 g/mol. The molecule has 0 aliphatic carbocycles. The Morgan fingerprint density at radius 2 is 1.88 bits per heavy atom. The lowest BCUT2D eigenvalue weighted by Crippen LogP contribution is -2.43. The number of carbonyl (C=O) groups excluding carboxylic acids is 1. The average molecular weight is 440 g/mol. The summed E-state index contributed by atoms with van der Waals surface area (Å²) in [6, 6.07) is 9.43. The molecule has 2 fully saturated rings. The van der Waals surface area contributed by atoms with Gasteiger partial charge in [0, 0.05) is 37.9 Å². The molecule has 8 nitrogen and oxygen atoms in total. The number of halogens is 2. The van der Waals surface area contributed by atoms with E-state index in [0.717, 1.165) is 26.2 Å². The van der Waals surface area contributed by atoms with Gasteiger partial charge in [-0.2, -0.15) is 0 Å². The summed E-state index contributed by atoms with van der Waals surface area (Å²) in [4.78, 5) is 15.6. The van der Waals surface area contributed by atoms with E-state index in [4.69, 9.17) is 4.74 Å². The number of cyclic esters (lactones) is 1. The first kappa shape index (κ1) is 20.4. The van der Waals surface area contributed by atoms with Crippen LogP contribution in [-0.4, -0.2) is 65.3 Å². The molecule has 32 heavy (non-hydrogen) atoms. The number of hydrogen-bond donors (Lipinski definition) is 1. The van der Waals surface area contributed by atoms with Crippen molar-refractivity contribution in [3.8, 4) is 11.1 Å². The lowest BCUT2D eigenvalue weighted by Gasteiger charge is -2.29. The van der Waals surface area contributed by atoms with Gasteiger partial charge >= 0.3 is 6.09 Å². The largest absolute Gasteiger partial charge is 0.447 e. The van der Waals surface area contributed by atoms with Gasteiger partial charge in [-0.1, -0.05) is 23.4 Å². The predicted octanol–water partition coefficient (Wildman–Crippen LogP) is 2.63. The van der Waals surface area contributed by atoms with E-state index in [0.29, 0.717) is 23.4 Å². The SMILES string of the molecule is O=C1OCCN1[C@@H](c1ccc(-c2ccc(N3CCNCC3)c(F)c2)c(F)c1)n1ccnn1. The van der Waals surface area contributed by atoms with E-state index in [1.165, 1.54) is 27.9 Å². The molecule has 2 aliphatic heterocycles. The van der Waals surface area contributed by atoms with Crippen LogP contribution in [0.1, 0.15) is 11.7 Å². The Kier molecular flexibility index (Phi) is 5.44. The predicted molar refractivity (Wildman–Crippen MR) is 113 cm³/mol. The number of carbonyl (C=O) groups is 1. The Bertz CT molecular complexity index is 1120. The highest BCUT2D eigenvalue weighted by Crippen LogP contribution is 2.32. The van der Waals surface area contributed by atoms with E-state index < -0.39 is 18.1 Å². The van der Waals surface area contributed by atoms with Gasteiger partial charge in [-0.05, 0) is 29.3 Å². The molecule has 1 N–H and O–H groups in total. The van der Waals surface area contributed by atoms with Crippen LogP contribution < -0.4 is 10.2 Å². The molecule has 3 aromatic rings. The fourth-order valence-electron chi connectivity index (χ4n) is 4.21. The summed E-state index contributed by atoms with van der Waals surface area (Å²) >= 11 is 0. The van der Waals surface area contributed by atoms with Crippen molar-refractivity contribution < 1.29 is 18.3 Å². The van der Waals surface area contributed by atoms with Crippen molar-refractivity contribution in [2.24, 2.45) is 0 Å². The molecule has 1 amide bonds. The number of benzene rings is 2. The van der Waals surface area contributed by atoms with Crippen LogP contribution in [0.4, 0.5) is 19.3 Å². The zero-order valence-corrected chi connectivity index (χ0v) is 17.2. The second kappa shape index (κ2) is 8.54. The van der Waals surface area contributed by atoms with Gasteiger partial charge in [0.15, 0.2) is 6.17 Å². The molecule has 2 saturated heterocycles. The molecular weight excluding hydrogens is 418 g/mol. The first-order valence-electron chi connectivity index (χ1n) is 10.5. The van der Waals surface area contributed by atoms with Gasteiger partial charge in [0.25, 0.3) is 0 Å². The highest BCUT2D eigenvalue weighted by Gasteiger charge is 2.33. The lowest BCUT2D eigenvalue weighted by molar-refractivity contribution is 0.139. The highest BCUT2D eigenvalue weighted by atomic mass is 19.1. The van der Waals surface area contributed by atoms with Crippen molar-refractivity contribution in [2.75, 3.05) is 44.2 Å². The molecule has 10 heteroatoms. The molecule has 2 aromatic carbocycles. The number of rotatable bonds is 5. The summed E-state index contributed by atoms with van der Waals surface area (Å²) in [5, 5.41) is 11.0. The number of nitrogens with one attached hydrogen (secondary N) is 1. The average Bonchev–Trinajstić information content (AvgIpc) is 3.48. The maximum atomic E-state index is 15.2. The summed E-state index contributed by atoms with van der Waals surface area (Å²) < 4.78 is 36.5. The third kappa shape index (κ3) is 3.77. The summed E-state index contributed by atoms with van der Waals surface area (Å²) in [5.74, 6) is -0.900. The van der Waals surface area contributed by atoms with Crippen LogP contribution in [0.15, 0.2) is 48.8 Å². The Morgan fingerprint density at radius 3 is 2.53 bits per heavy atom. The number of piperazine rings is 1. The van der Waals surface area contributed by atoms with E-state index >= 15 is 4.39 Å². The molecule has 3 heterocycles. The van der Waals surface area contributed by atoms with Crippen LogP contribution in [0.3, 0.4) is 0 Å². The molecule has 0 bridgehead atoms. The zero-order valence-electron chi connectivity index (χ0n) is 17.2. The van der Waals surface area contributed by atoms with Crippen molar-refractivity contribution in [1.82, 2.24) is 25.2 Å². The van der Waals surface area contributed by atoms with Crippen LogP contribution >= 0.6 is 0 Å². The molecule has 0 radical (unpaired) electrons. The van der Waals surface area contributed by atoms with Crippen molar-refractivity contribution >= 4 is 11.8 Å². The third-order valence-electron chi connectivity index (χ3n) is 5.79. The second-order valence-electron chi connectivity index (χ2n) is 7.71. The maximum absolute atomic E-state index is 15.2.